The summed E-state index contributed by atoms with van der Waals surface area (Å²) in [6.45, 7) is 4.55. The molecule has 43 heavy (non-hydrogen) atoms. The Morgan fingerprint density at radius 1 is 0.767 bits per heavy atom. The van der Waals surface area contributed by atoms with Gasteiger partial charge in [0.2, 0.25) is 5.91 Å². The number of amides is 1. The number of para-hydroxylation sites is 2. The van der Waals surface area contributed by atoms with E-state index in [1.54, 1.807) is 7.11 Å². The minimum Gasteiger partial charge on any atom is -0.495 e. The lowest BCUT2D eigenvalue weighted by molar-refractivity contribution is -0.136. The van der Waals surface area contributed by atoms with Gasteiger partial charge in [0, 0.05) is 44.8 Å². The minimum absolute atomic E-state index is 0.197. The zero-order valence-electron chi connectivity index (χ0n) is 25.3. The van der Waals surface area contributed by atoms with E-state index in [1.807, 2.05) is 18.2 Å². The average Bonchev–Trinajstić information content (AvgIpc) is 3.08. The first-order valence-electron chi connectivity index (χ1n) is 15.8. The van der Waals surface area contributed by atoms with Gasteiger partial charge in [-0.3, -0.25) is 9.69 Å². The van der Waals surface area contributed by atoms with E-state index in [4.69, 9.17) is 4.74 Å². The molecule has 0 bridgehead atoms. The van der Waals surface area contributed by atoms with Crippen molar-refractivity contribution in [2.75, 3.05) is 38.2 Å². The standard InChI is InChI=1S/C38H43N3O2/c1-43-37-23-13-12-22-36(37)40-26-24-39(25-27-40)34-20-10-11-21-35(34)41(29-30-14-4-2-5-15-30)38(42)28-32-18-8-9-19-33(32)31-16-6-3-7-17-31/h2-9,12-19,22-23,34-35H,10-11,20-21,24-29H2,1H3/t34-,35-/m0/s1. The van der Waals surface area contributed by atoms with Gasteiger partial charge in [0.15, 0.2) is 0 Å². The molecule has 4 aromatic rings. The second-order valence-corrected chi connectivity index (χ2v) is 11.8. The van der Waals surface area contributed by atoms with Crippen LogP contribution in [0.1, 0.15) is 36.8 Å². The Labute approximate surface area is 256 Å². The fraction of sp³-hybridized carbons (Fsp3) is 0.342. The number of carbonyl (C=O) groups is 1. The molecule has 1 aliphatic carbocycles. The molecule has 4 aromatic carbocycles. The van der Waals surface area contributed by atoms with Gasteiger partial charge < -0.3 is 14.5 Å². The number of carbonyl (C=O) groups excluding carboxylic acids is 1. The summed E-state index contributed by atoms with van der Waals surface area (Å²) in [5.74, 6) is 1.15. The minimum atomic E-state index is 0.197. The lowest BCUT2D eigenvalue weighted by Gasteiger charge is -2.48. The highest BCUT2D eigenvalue weighted by Crippen LogP contribution is 2.33. The smallest absolute Gasteiger partial charge is 0.227 e. The number of nitrogens with zero attached hydrogens (tertiary/aromatic N) is 3. The van der Waals surface area contributed by atoms with E-state index < -0.39 is 0 Å². The summed E-state index contributed by atoms with van der Waals surface area (Å²) in [7, 11) is 1.75. The molecule has 0 radical (unpaired) electrons. The van der Waals surface area contributed by atoms with Crippen LogP contribution in [0, 0.1) is 0 Å². The molecule has 5 nitrogen and oxygen atoms in total. The number of piperazine rings is 1. The number of hydrogen-bond donors (Lipinski definition) is 0. The molecule has 0 N–H and O–H groups in total. The predicted molar refractivity (Wildman–Crippen MR) is 175 cm³/mol. The Morgan fingerprint density at radius 2 is 1.42 bits per heavy atom. The number of methoxy groups -OCH3 is 1. The largest absolute Gasteiger partial charge is 0.495 e. The Kier molecular flexibility index (Phi) is 9.39. The van der Waals surface area contributed by atoms with Gasteiger partial charge in [-0.1, -0.05) is 110 Å². The summed E-state index contributed by atoms with van der Waals surface area (Å²) in [4.78, 5) is 21.8. The van der Waals surface area contributed by atoms with Crippen LogP contribution in [0.3, 0.4) is 0 Å². The van der Waals surface area contributed by atoms with Crippen LogP contribution >= 0.6 is 0 Å². The van der Waals surface area contributed by atoms with Crippen molar-refractivity contribution >= 4 is 11.6 Å². The van der Waals surface area contributed by atoms with E-state index in [1.165, 1.54) is 24.1 Å². The van der Waals surface area contributed by atoms with Crippen LogP contribution in [0.5, 0.6) is 5.75 Å². The van der Waals surface area contributed by atoms with Crippen molar-refractivity contribution in [3.8, 4) is 16.9 Å². The summed E-state index contributed by atoms with van der Waals surface area (Å²) in [5, 5.41) is 0. The molecule has 5 heteroatoms. The molecule has 0 aromatic heterocycles. The van der Waals surface area contributed by atoms with Gasteiger partial charge in [0.05, 0.1) is 19.2 Å². The van der Waals surface area contributed by atoms with Crippen LogP contribution < -0.4 is 9.64 Å². The maximum absolute atomic E-state index is 14.4. The van der Waals surface area contributed by atoms with Crippen molar-refractivity contribution in [3.05, 3.63) is 120 Å². The van der Waals surface area contributed by atoms with Crippen molar-refractivity contribution in [1.29, 1.82) is 0 Å². The number of rotatable bonds is 9. The third-order valence-electron chi connectivity index (χ3n) is 9.26. The first kappa shape index (κ1) is 29.0. The Hall–Kier alpha value is -4.09. The van der Waals surface area contributed by atoms with E-state index in [9.17, 15) is 4.79 Å². The molecular formula is C38H43N3O2. The Balaban J connectivity index is 1.24. The molecule has 1 aliphatic heterocycles. The molecule has 2 fully saturated rings. The Bertz CT molecular complexity index is 1470. The summed E-state index contributed by atoms with van der Waals surface area (Å²) in [6.07, 6.45) is 4.98. The molecule has 222 valence electrons. The second kappa shape index (κ2) is 13.9. The molecule has 1 heterocycles. The fourth-order valence-corrected chi connectivity index (χ4v) is 7.08. The quantitative estimate of drug-likeness (QED) is 0.215. The molecule has 0 unspecified atom stereocenters. The molecule has 1 saturated heterocycles. The Morgan fingerprint density at radius 3 is 2.19 bits per heavy atom. The third-order valence-corrected chi connectivity index (χ3v) is 9.26. The lowest BCUT2D eigenvalue weighted by Crippen LogP contribution is -2.59. The van der Waals surface area contributed by atoms with Crippen molar-refractivity contribution < 1.29 is 9.53 Å². The SMILES string of the molecule is COc1ccccc1N1CCN([C@H]2CCCC[C@@H]2N(Cc2ccccc2)C(=O)Cc2ccccc2-c2ccccc2)CC1. The van der Waals surface area contributed by atoms with Crippen LogP contribution in [0.15, 0.2) is 109 Å². The molecule has 6 rings (SSSR count). The van der Waals surface area contributed by atoms with E-state index in [-0.39, 0.29) is 11.9 Å². The van der Waals surface area contributed by atoms with Crippen molar-refractivity contribution in [2.24, 2.45) is 0 Å². The second-order valence-electron chi connectivity index (χ2n) is 11.8. The maximum Gasteiger partial charge on any atom is 0.227 e. The van der Waals surface area contributed by atoms with Crippen molar-refractivity contribution in [3.63, 3.8) is 0 Å². The zero-order chi connectivity index (χ0) is 29.4. The topological polar surface area (TPSA) is 36.0 Å². The van der Waals surface area contributed by atoms with E-state index in [0.717, 1.165) is 61.5 Å². The summed E-state index contributed by atoms with van der Waals surface area (Å²) >= 11 is 0. The molecule has 1 amide bonds. The number of benzene rings is 4. The fourth-order valence-electron chi connectivity index (χ4n) is 7.08. The molecule has 0 spiro atoms. The highest BCUT2D eigenvalue weighted by Gasteiger charge is 2.37. The number of hydrogen-bond acceptors (Lipinski definition) is 4. The van der Waals surface area contributed by atoms with Gasteiger partial charge in [-0.25, -0.2) is 0 Å². The van der Waals surface area contributed by atoms with Crippen molar-refractivity contribution in [2.45, 2.75) is 50.7 Å². The van der Waals surface area contributed by atoms with Crippen LogP contribution in [0.2, 0.25) is 0 Å². The van der Waals surface area contributed by atoms with Crippen LogP contribution in [0.25, 0.3) is 11.1 Å². The van der Waals surface area contributed by atoms with Gasteiger partial charge in [-0.2, -0.15) is 0 Å². The molecule has 2 aliphatic rings. The number of anilines is 1. The van der Waals surface area contributed by atoms with Crippen LogP contribution in [0.4, 0.5) is 5.69 Å². The van der Waals surface area contributed by atoms with Crippen molar-refractivity contribution in [1.82, 2.24) is 9.80 Å². The van der Waals surface area contributed by atoms with Crippen LogP contribution in [-0.4, -0.2) is 61.1 Å². The van der Waals surface area contributed by atoms with Gasteiger partial charge in [-0.15, -0.1) is 0 Å². The predicted octanol–water partition coefficient (Wildman–Crippen LogP) is 7.07. The van der Waals surface area contributed by atoms with Gasteiger partial charge >= 0.3 is 0 Å². The normalized spacial score (nSPS) is 19.1. The van der Waals surface area contributed by atoms with E-state index >= 15 is 0 Å². The van der Waals surface area contributed by atoms with E-state index in [2.05, 4.69) is 106 Å². The van der Waals surface area contributed by atoms with Gasteiger partial charge in [0.25, 0.3) is 0 Å². The van der Waals surface area contributed by atoms with Gasteiger partial charge in [0.1, 0.15) is 5.75 Å². The van der Waals surface area contributed by atoms with E-state index in [0.29, 0.717) is 19.0 Å². The first-order valence-corrected chi connectivity index (χ1v) is 15.8. The first-order chi connectivity index (χ1) is 21.2. The molecule has 1 saturated carbocycles. The van der Waals surface area contributed by atoms with Crippen LogP contribution in [-0.2, 0) is 17.8 Å². The molecule has 2 atom stereocenters. The average molecular weight is 574 g/mol. The maximum atomic E-state index is 14.4. The highest BCUT2D eigenvalue weighted by atomic mass is 16.5. The lowest BCUT2D eigenvalue weighted by atomic mass is 9.86. The highest BCUT2D eigenvalue weighted by molar-refractivity contribution is 5.82. The summed E-state index contributed by atoms with van der Waals surface area (Å²) in [6, 6.07) is 38.2. The number of ether oxygens (including phenoxy) is 1. The van der Waals surface area contributed by atoms with Gasteiger partial charge in [-0.05, 0) is 47.2 Å². The summed E-state index contributed by atoms with van der Waals surface area (Å²) in [5.41, 5.74) is 5.75. The summed E-state index contributed by atoms with van der Waals surface area (Å²) < 4.78 is 5.66. The monoisotopic (exact) mass is 573 g/mol. The zero-order valence-corrected chi connectivity index (χ0v) is 25.3. The molecular weight excluding hydrogens is 530 g/mol. The third kappa shape index (κ3) is 6.78.